The molecule has 8 nitrogen and oxygen atoms in total. The number of hydrogen-bond acceptors (Lipinski definition) is 7. The van der Waals surface area contributed by atoms with E-state index in [2.05, 4.69) is 4.98 Å². The quantitative estimate of drug-likeness (QED) is 0.644. The number of nitrogens with zero attached hydrogens (tertiary/aromatic N) is 2. The van der Waals surface area contributed by atoms with Crippen LogP contribution in [0.2, 0.25) is 0 Å². The highest BCUT2D eigenvalue weighted by atomic mass is 19.1. The van der Waals surface area contributed by atoms with Crippen LogP contribution in [0.4, 0.5) is 10.2 Å². The largest absolute Gasteiger partial charge is 0.387 e. The van der Waals surface area contributed by atoms with Crippen molar-refractivity contribution in [2.45, 2.75) is 31.0 Å². The van der Waals surface area contributed by atoms with Crippen LogP contribution >= 0.6 is 0 Å². The summed E-state index contributed by atoms with van der Waals surface area (Å²) in [5.41, 5.74) is 2.48. The van der Waals surface area contributed by atoms with Gasteiger partial charge in [-0.25, -0.2) is 9.18 Å². The van der Waals surface area contributed by atoms with Crippen molar-refractivity contribution in [3.8, 4) is 0 Å². The number of carbonyl (C=O) groups excluding carboxylic acids is 1. The van der Waals surface area contributed by atoms with Crippen LogP contribution in [0.1, 0.15) is 12.5 Å². The number of aliphatic hydroxyl groups excluding tert-OH is 2. The summed E-state index contributed by atoms with van der Waals surface area (Å²) in [5.74, 6) is -2.59. The maximum atomic E-state index is 13.9. The maximum absolute atomic E-state index is 13.9. The summed E-state index contributed by atoms with van der Waals surface area (Å²) in [6, 6.07) is 8.78. The van der Waals surface area contributed by atoms with Crippen LogP contribution in [0.5, 0.6) is 0 Å². The van der Waals surface area contributed by atoms with Crippen LogP contribution in [-0.2, 0) is 15.3 Å². The van der Waals surface area contributed by atoms with E-state index >= 15 is 0 Å². The first kappa shape index (κ1) is 18.9. The van der Waals surface area contributed by atoms with Crippen LogP contribution in [0, 0.1) is 5.82 Å². The van der Waals surface area contributed by atoms with Gasteiger partial charge in [-0.05, 0) is 18.6 Å². The zero-order chi connectivity index (χ0) is 19.8. The highest BCUT2D eigenvalue weighted by Gasteiger charge is 2.59. The molecule has 2 heterocycles. The summed E-state index contributed by atoms with van der Waals surface area (Å²) in [7, 11) is 0. The number of aromatic nitrogens is 2. The first-order chi connectivity index (χ1) is 12.8. The molecule has 4 N–H and O–H groups in total. The van der Waals surface area contributed by atoms with Gasteiger partial charge in [0.15, 0.2) is 11.6 Å². The molecular formula is C18H18FN3O5. The molecule has 0 saturated carbocycles. The van der Waals surface area contributed by atoms with Crippen molar-refractivity contribution < 1.29 is 24.1 Å². The summed E-state index contributed by atoms with van der Waals surface area (Å²) in [6.07, 6.45) is -1.14. The standard InChI is InChI=1S/C18H18FN3O5/c1-10-14(24)15(25)18(27-10,22-9-12(19)16(20)21-17(22)26)13(23)8-7-11-5-3-2-4-6-11/h2-10,14-15,24-25H,1H3,(H2,20,21,26)/b8-7+/t10-,14-,15-,18-/m1/s1. The summed E-state index contributed by atoms with van der Waals surface area (Å²) in [5, 5.41) is 20.6. The predicted molar refractivity (Wildman–Crippen MR) is 93.9 cm³/mol. The number of carbonyl (C=O) groups is 1. The average molecular weight is 375 g/mol. The summed E-state index contributed by atoms with van der Waals surface area (Å²) in [6.45, 7) is 1.41. The SMILES string of the molecule is C[C@H]1O[C@@](C(=O)/C=C/c2ccccc2)(n2cc(F)c(N)nc2=O)[C@H](O)[C@@H]1O. The van der Waals surface area contributed by atoms with Crippen LogP contribution in [-0.4, -0.2) is 43.9 Å². The van der Waals surface area contributed by atoms with Gasteiger partial charge in [-0.15, -0.1) is 0 Å². The molecule has 142 valence electrons. The molecule has 0 bridgehead atoms. The molecule has 0 aliphatic carbocycles. The van der Waals surface area contributed by atoms with Gasteiger partial charge in [0.25, 0.3) is 0 Å². The molecular weight excluding hydrogens is 357 g/mol. The first-order valence-corrected chi connectivity index (χ1v) is 8.14. The number of ether oxygens (including phenoxy) is 1. The van der Waals surface area contributed by atoms with Gasteiger partial charge in [0.2, 0.25) is 11.5 Å². The second-order valence-corrected chi connectivity index (χ2v) is 6.19. The van der Waals surface area contributed by atoms with Gasteiger partial charge in [-0.1, -0.05) is 36.4 Å². The van der Waals surface area contributed by atoms with Gasteiger partial charge in [-0.2, -0.15) is 4.98 Å². The molecule has 1 aliphatic heterocycles. The molecule has 0 spiro atoms. The Morgan fingerprint density at radius 2 is 2.04 bits per heavy atom. The molecule has 4 atom stereocenters. The number of nitrogens with two attached hydrogens (primary N) is 1. The topological polar surface area (TPSA) is 128 Å². The normalized spacial score (nSPS) is 27.9. The molecule has 0 radical (unpaired) electrons. The molecule has 3 rings (SSSR count). The average Bonchev–Trinajstić information content (AvgIpc) is 2.88. The number of ketones is 1. The molecule has 1 saturated heterocycles. The number of aliphatic hydroxyl groups is 2. The van der Waals surface area contributed by atoms with E-state index in [-0.39, 0.29) is 0 Å². The van der Waals surface area contributed by atoms with Crippen LogP contribution in [0.3, 0.4) is 0 Å². The minimum atomic E-state index is -2.37. The van der Waals surface area contributed by atoms with Crippen molar-refractivity contribution in [1.29, 1.82) is 0 Å². The van der Waals surface area contributed by atoms with E-state index in [4.69, 9.17) is 10.5 Å². The molecule has 1 aromatic carbocycles. The Balaban J connectivity index is 2.13. The van der Waals surface area contributed by atoms with Crippen molar-refractivity contribution in [3.63, 3.8) is 0 Å². The monoisotopic (exact) mass is 375 g/mol. The Hall–Kier alpha value is -2.88. The molecule has 1 fully saturated rings. The Labute approximate surface area is 153 Å². The van der Waals surface area contributed by atoms with E-state index < -0.39 is 47.1 Å². The molecule has 1 aromatic heterocycles. The molecule has 27 heavy (non-hydrogen) atoms. The van der Waals surface area contributed by atoms with Gasteiger partial charge in [0.1, 0.15) is 12.2 Å². The van der Waals surface area contributed by atoms with Gasteiger partial charge in [0.05, 0.1) is 12.3 Å². The third-order valence-electron chi connectivity index (χ3n) is 4.42. The molecule has 9 heteroatoms. The zero-order valence-corrected chi connectivity index (χ0v) is 14.3. The highest BCUT2D eigenvalue weighted by Crippen LogP contribution is 2.36. The number of anilines is 1. The van der Waals surface area contributed by atoms with Gasteiger partial charge in [-0.3, -0.25) is 9.36 Å². The van der Waals surface area contributed by atoms with Crippen molar-refractivity contribution in [3.05, 3.63) is 64.5 Å². The lowest BCUT2D eigenvalue weighted by Gasteiger charge is -2.31. The smallest absolute Gasteiger partial charge is 0.352 e. The fourth-order valence-electron chi connectivity index (χ4n) is 2.97. The van der Waals surface area contributed by atoms with Crippen molar-refractivity contribution in [2.24, 2.45) is 0 Å². The van der Waals surface area contributed by atoms with E-state index in [9.17, 15) is 24.2 Å². The molecule has 0 unspecified atom stereocenters. The van der Waals surface area contributed by atoms with Gasteiger partial charge in [0, 0.05) is 0 Å². The minimum Gasteiger partial charge on any atom is -0.387 e. The fraction of sp³-hybridized carbons (Fsp3) is 0.278. The predicted octanol–water partition coefficient (Wildman–Crippen LogP) is 0.0404. The van der Waals surface area contributed by atoms with E-state index in [0.29, 0.717) is 16.3 Å². The molecule has 2 aromatic rings. The highest BCUT2D eigenvalue weighted by molar-refractivity contribution is 5.99. The fourth-order valence-corrected chi connectivity index (χ4v) is 2.97. The first-order valence-electron chi connectivity index (χ1n) is 8.14. The zero-order valence-electron chi connectivity index (χ0n) is 14.3. The van der Waals surface area contributed by atoms with E-state index in [1.54, 1.807) is 30.3 Å². The lowest BCUT2D eigenvalue weighted by atomic mass is 9.97. The van der Waals surface area contributed by atoms with Crippen LogP contribution in [0.15, 0.2) is 47.4 Å². The van der Waals surface area contributed by atoms with Gasteiger partial charge >= 0.3 is 5.69 Å². The van der Waals surface area contributed by atoms with E-state index in [1.165, 1.54) is 13.0 Å². The Kier molecular flexibility index (Phi) is 4.92. The van der Waals surface area contributed by atoms with Gasteiger partial charge < -0.3 is 20.7 Å². The molecule has 1 aliphatic rings. The van der Waals surface area contributed by atoms with Crippen molar-refractivity contribution >= 4 is 17.7 Å². The number of halogens is 1. The number of nitrogen functional groups attached to an aromatic ring is 1. The summed E-state index contributed by atoms with van der Waals surface area (Å²) >= 11 is 0. The summed E-state index contributed by atoms with van der Waals surface area (Å²) < 4.78 is 20.0. The third kappa shape index (κ3) is 3.16. The minimum absolute atomic E-state index is 0.522. The number of benzene rings is 1. The number of hydrogen-bond donors (Lipinski definition) is 3. The lowest BCUT2D eigenvalue weighted by molar-refractivity contribution is -0.167. The Bertz CT molecular complexity index is 946. The lowest BCUT2D eigenvalue weighted by Crippen LogP contribution is -2.55. The second-order valence-electron chi connectivity index (χ2n) is 6.19. The second kappa shape index (κ2) is 7.03. The molecule has 0 amide bonds. The van der Waals surface area contributed by atoms with E-state index in [1.807, 2.05) is 0 Å². The number of rotatable bonds is 4. The van der Waals surface area contributed by atoms with E-state index in [0.717, 1.165) is 6.08 Å². The Morgan fingerprint density at radius 3 is 2.63 bits per heavy atom. The van der Waals surface area contributed by atoms with Crippen LogP contribution in [0.25, 0.3) is 6.08 Å². The third-order valence-corrected chi connectivity index (χ3v) is 4.42. The van der Waals surface area contributed by atoms with Crippen LogP contribution < -0.4 is 11.4 Å². The van der Waals surface area contributed by atoms with Crippen molar-refractivity contribution in [1.82, 2.24) is 9.55 Å². The summed E-state index contributed by atoms with van der Waals surface area (Å²) in [4.78, 5) is 28.6. The Morgan fingerprint density at radius 1 is 1.37 bits per heavy atom. The maximum Gasteiger partial charge on any atom is 0.352 e. The van der Waals surface area contributed by atoms with Crippen molar-refractivity contribution in [2.75, 3.05) is 5.73 Å².